The molecule has 2 aromatic rings. The lowest BCUT2D eigenvalue weighted by atomic mass is 9.95. The van der Waals surface area contributed by atoms with E-state index < -0.39 is 0 Å². The third kappa shape index (κ3) is 4.64. The lowest BCUT2D eigenvalue weighted by molar-refractivity contribution is -0.116. The summed E-state index contributed by atoms with van der Waals surface area (Å²) >= 11 is 6.36. The first-order valence-corrected chi connectivity index (χ1v) is 9.93. The molecule has 0 saturated heterocycles. The molecule has 6 heteroatoms. The summed E-state index contributed by atoms with van der Waals surface area (Å²) in [4.78, 5) is 23.0. The number of benzene rings is 1. The van der Waals surface area contributed by atoms with Crippen LogP contribution in [0.15, 0.2) is 29.6 Å². The van der Waals surface area contributed by atoms with Crippen molar-refractivity contribution in [3.05, 3.63) is 34.3 Å². The van der Waals surface area contributed by atoms with Crippen molar-refractivity contribution in [3.8, 4) is 0 Å². The zero-order chi connectivity index (χ0) is 18.4. The summed E-state index contributed by atoms with van der Waals surface area (Å²) in [6, 6.07) is 5.62. The van der Waals surface area contributed by atoms with Crippen LogP contribution in [0.2, 0.25) is 5.02 Å². The standard InChI is InChI=1S/C20H26ClN3O2/c21-16-8-5-9-18-20(16)17(14-24(18)13-12-22-26)23-19(25)11-10-15-6-3-1-2-4-7-15/h5,8-9,14-15H,1-4,6-7,10-13H2,(H,23,25). The number of nitrogens with one attached hydrogen (secondary N) is 1. The molecule has 1 N–H and O–H groups in total. The minimum absolute atomic E-state index is 0.0294. The predicted molar refractivity (Wildman–Crippen MR) is 107 cm³/mol. The summed E-state index contributed by atoms with van der Waals surface area (Å²) in [7, 11) is 0. The number of nitroso groups, excluding NO2 is 1. The summed E-state index contributed by atoms with van der Waals surface area (Å²) in [6.45, 7) is 0.656. The fraction of sp³-hybridized carbons (Fsp3) is 0.550. The first-order valence-electron chi connectivity index (χ1n) is 9.55. The van der Waals surface area contributed by atoms with Crippen LogP contribution in [0.4, 0.5) is 5.69 Å². The van der Waals surface area contributed by atoms with Crippen molar-refractivity contribution in [1.29, 1.82) is 0 Å². The van der Waals surface area contributed by atoms with Crippen LogP contribution in [0.1, 0.15) is 51.4 Å². The molecule has 0 bridgehead atoms. The average molecular weight is 376 g/mol. The van der Waals surface area contributed by atoms with E-state index in [1.54, 1.807) is 0 Å². The van der Waals surface area contributed by atoms with Crippen molar-refractivity contribution in [2.24, 2.45) is 11.1 Å². The molecule has 26 heavy (non-hydrogen) atoms. The number of aromatic nitrogens is 1. The van der Waals surface area contributed by atoms with Gasteiger partial charge in [-0.2, -0.15) is 4.91 Å². The lowest BCUT2D eigenvalue weighted by Crippen LogP contribution is -2.13. The highest BCUT2D eigenvalue weighted by Crippen LogP contribution is 2.33. The zero-order valence-electron chi connectivity index (χ0n) is 15.0. The van der Waals surface area contributed by atoms with Crippen molar-refractivity contribution in [2.45, 2.75) is 57.9 Å². The Hall–Kier alpha value is -1.88. The van der Waals surface area contributed by atoms with Crippen LogP contribution in [-0.4, -0.2) is 17.0 Å². The number of anilines is 1. The van der Waals surface area contributed by atoms with Crippen LogP contribution < -0.4 is 5.32 Å². The Morgan fingerprint density at radius 3 is 2.73 bits per heavy atom. The van der Waals surface area contributed by atoms with E-state index in [-0.39, 0.29) is 12.5 Å². The molecular weight excluding hydrogens is 350 g/mol. The maximum Gasteiger partial charge on any atom is 0.224 e. The van der Waals surface area contributed by atoms with Crippen molar-refractivity contribution < 1.29 is 4.79 Å². The number of hydrogen-bond donors (Lipinski definition) is 1. The van der Waals surface area contributed by atoms with Gasteiger partial charge in [0.15, 0.2) is 0 Å². The molecule has 0 aliphatic heterocycles. The molecule has 0 unspecified atom stereocenters. The molecule has 140 valence electrons. The maximum atomic E-state index is 12.5. The molecule has 1 fully saturated rings. The highest BCUT2D eigenvalue weighted by Gasteiger charge is 2.16. The number of rotatable bonds is 7. The van der Waals surface area contributed by atoms with Crippen LogP contribution >= 0.6 is 11.6 Å². The van der Waals surface area contributed by atoms with Crippen LogP contribution in [0.3, 0.4) is 0 Å². The Kier molecular flexibility index (Phi) is 6.67. The maximum absolute atomic E-state index is 12.5. The third-order valence-corrected chi connectivity index (χ3v) is 5.63. The monoisotopic (exact) mass is 375 g/mol. The van der Waals surface area contributed by atoms with Gasteiger partial charge >= 0.3 is 0 Å². The summed E-state index contributed by atoms with van der Waals surface area (Å²) in [5.74, 6) is 0.702. The summed E-state index contributed by atoms with van der Waals surface area (Å²) in [6.07, 6.45) is 11.1. The second-order valence-electron chi connectivity index (χ2n) is 7.17. The Morgan fingerprint density at radius 1 is 1.23 bits per heavy atom. The van der Waals surface area contributed by atoms with Gasteiger partial charge in [0, 0.05) is 24.5 Å². The van der Waals surface area contributed by atoms with Crippen molar-refractivity contribution in [3.63, 3.8) is 0 Å². The SMILES string of the molecule is O=NCCn1cc(NC(=O)CCC2CCCCCC2)c2c(Cl)cccc21. The second kappa shape index (κ2) is 9.17. The van der Waals surface area contributed by atoms with Crippen molar-refractivity contribution >= 4 is 34.1 Å². The Labute approximate surface area is 159 Å². The second-order valence-corrected chi connectivity index (χ2v) is 7.57. The molecule has 0 radical (unpaired) electrons. The molecule has 1 saturated carbocycles. The topological polar surface area (TPSA) is 63.5 Å². The van der Waals surface area contributed by atoms with Crippen molar-refractivity contribution in [1.82, 2.24) is 4.57 Å². The summed E-state index contributed by atoms with van der Waals surface area (Å²) in [5.41, 5.74) is 1.61. The minimum Gasteiger partial charge on any atom is -0.343 e. The Balaban J connectivity index is 1.69. The van der Waals surface area contributed by atoms with Gasteiger partial charge in [-0.05, 0) is 24.5 Å². The first-order chi connectivity index (χ1) is 12.7. The van der Waals surface area contributed by atoms with E-state index in [0.717, 1.165) is 17.3 Å². The number of amides is 1. The molecular formula is C20H26ClN3O2. The molecule has 1 aromatic carbocycles. The lowest BCUT2D eigenvalue weighted by Gasteiger charge is -2.13. The number of hydrogen-bond acceptors (Lipinski definition) is 3. The van der Waals surface area contributed by atoms with E-state index in [9.17, 15) is 9.70 Å². The Morgan fingerprint density at radius 2 is 2.00 bits per heavy atom. The third-order valence-electron chi connectivity index (χ3n) is 5.32. The fourth-order valence-electron chi connectivity index (χ4n) is 3.94. The smallest absolute Gasteiger partial charge is 0.224 e. The van der Waals surface area contributed by atoms with Gasteiger partial charge in [0.2, 0.25) is 5.91 Å². The number of fused-ring (bicyclic) bond motifs is 1. The number of carbonyl (C=O) groups is 1. The minimum atomic E-state index is 0.0294. The zero-order valence-corrected chi connectivity index (χ0v) is 15.8. The molecule has 1 heterocycles. The van der Waals surface area contributed by atoms with E-state index in [1.165, 1.54) is 38.5 Å². The number of halogens is 1. The van der Waals surface area contributed by atoms with Crippen LogP contribution in [0.25, 0.3) is 10.9 Å². The van der Waals surface area contributed by atoms with Gasteiger partial charge in [-0.3, -0.25) is 4.79 Å². The normalized spacial score (nSPS) is 15.7. The van der Waals surface area contributed by atoms with Gasteiger partial charge in [-0.15, -0.1) is 0 Å². The van der Waals surface area contributed by atoms with Gasteiger partial charge in [0.1, 0.15) is 0 Å². The van der Waals surface area contributed by atoms with Gasteiger partial charge < -0.3 is 9.88 Å². The summed E-state index contributed by atoms with van der Waals surface area (Å²) < 4.78 is 1.92. The van der Waals surface area contributed by atoms with Crippen LogP contribution in [0, 0.1) is 10.8 Å². The van der Waals surface area contributed by atoms with Gasteiger partial charge in [-0.1, -0.05) is 61.4 Å². The molecule has 1 aromatic heterocycles. The molecule has 3 rings (SSSR count). The predicted octanol–water partition coefficient (Wildman–Crippen LogP) is 5.75. The largest absolute Gasteiger partial charge is 0.343 e. The average Bonchev–Trinajstić information content (AvgIpc) is 2.81. The van der Waals surface area contributed by atoms with Gasteiger partial charge in [-0.25, -0.2) is 0 Å². The molecule has 5 nitrogen and oxygen atoms in total. The van der Waals surface area contributed by atoms with E-state index in [2.05, 4.69) is 10.5 Å². The molecule has 0 spiro atoms. The number of carbonyl (C=O) groups excluding carboxylic acids is 1. The van der Waals surface area contributed by atoms with Gasteiger partial charge in [0.05, 0.1) is 22.8 Å². The Bertz CT molecular complexity index is 764. The van der Waals surface area contributed by atoms with E-state index in [0.29, 0.717) is 29.6 Å². The van der Waals surface area contributed by atoms with Gasteiger partial charge in [0.25, 0.3) is 0 Å². The number of nitrogens with zero attached hydrogens (tertiary/aromatic N) is 2. The molecule has 1 amide bonds. The van der Waals surface area contributed by atoms with E-state index in [1.807, 2.05) is 29.0 Å². The molecule has 0 atom stereocenters. The fourth-order valence-corrected chi connectivity index (χ4v) is 4.21. The van der Waals surface area contributed by atoms with Crippen LogP contribution in [0.5, 0.6) is 0 Å². The molecule has 1 aliphatic rings. The highest BCUT2D eigenvalue weighted by molar-refractivity contribution is 6.36. The molecule has 1 aliphatic carbocycles. The van der Waals surface area contributed by atoms with E-state index >= 15 is 0 Å². The van der Waals surface area contributed by atoms with Crippen LogP contribution in [-0.2, 0) is 11.3 Å². The van der Waals surface area contributed by atoms with Crippen molar-refractivity contribution in [2.75, 3.05) is 11.9 Å². The highest BCUT2D eigenvalue weighted by atomic mass is 35.5. The summed E-state index contributed by atoms with van der Waals surface area (Å²) in [5, 5.41) is 7.37. The quantitative estimate of drug-likeness (QED) is 0.494. The first kappa shape index (κ1) is 18.9. The van der Waals surface area contributed by atoms with E-state index in [4.69, 9.17) is 11.6 Å².